The summed E-state index contributed by atoms with van der Waals surface area (Å²) >= 11 is 1.39. The number of nitrogens with zero attached hydrogens (tertiary/aromatic N) is 1. The van der Waals surface area contributed by atoms with Crippen molar-refractivity contribution in [1.82, 2.24) is 4.31 Å². The zero-order chi connectivity index (χ0) is 15.9. The van der Waals surface area contributed by atoms with Crippen LogP contribution in [0.3, 0.4) is 0 Å². The van der Waals surface area contributed by atoms with Crippen LogP contribution in [0.1, 0.15) is 16.9 Å². The maximum Gasteiger partial charge on any atom is 0.244 e. The van der Waals surface area contributed by atoms with Crippen LogP contribution in [0.4, 0.5) is 0 Å². The summed E-state index contributed by atoms with van der Waals surface area (Å²) in [5, 5.41) is 1.83. The Bertz CT molecular complexity index is 528. The molecule has 122 valence electrons. The van der Waals surface area contributed by atoms with Gasteiger partial charge >= 0.3 is 0 Å². The van der Waals surface area contributed by atoms with Gasteiger partial charge in [-0.25, -0.2) is 8.42 Å². The fourth-order valence-corrected chi connectivity index (χ4v) is 5.15. The van der Waals surface area contributed by atoms with Gasteiger partial charge in [0, 0.05) is 45.3 Å². The summed E-state index contributed by atoms with van der Waals surface area (Å²) in [5.74, 6) is 0. The lowest BCUT2D eigenvalue weighted by molar-refractivity contribution is 0.164. The fraction of sp³-hybridized carbons (Fsp3) is 0.692. The summed E-state index contributed by atoms with van der Waals surface area (Å²) in [6, 6.07) is 0. The van der Waals surface area contributed by atoms with Crippen LogP contribution in [0.15, 0.2) is 10.3 Å². The van der Waals surface area contributed by atoms with Crippen LogP contribution in [0, 0.1) is 6.92 Å². The van der Waals surface area contributed by atoms with Crippen LogP contribution in [-0.4, -0.2) is 53.2 Å². The molecule has 0 spiro atoms. The van der Waals surface area contributed by atoms with E-state index in [9.17, 15) is 8.42 Å². The first-order valence-electron chi connectivity index (χ1n) is 6.74. The van der Waals surface area contributed by atoms with Crippen molar-refractivity contribution >= 4 is 21.4 Å². The molecular weight excluding hydrogens is 312 g/mol. The minimum Gasteiger partial charge on any atom is -0.385 e. The van der Waals surface area contributed by atoms with Gasteiger partial charge in [0.15, 0.2) is 0 Å². The van der Waals surface area contributed by atoms with Crippen LogP contribution in [0.2, 0.25) is 0 Å². The second kappa shape index (κ2) is 8.82. The Morgan fingerprint density at radius 2 is 1.90 bits per heavy atom. The van der Waals surface area contributed by atoms with E-state index in [-0.39, 0.29) is 6.54 Å². The number of sulfonamides is 1. The molecule has 1 aromatic heterocycles. The van der Waals surface area contributed by atoms with Crippen molar-refractivity contribution in [1.29, 1.82) is 0 Å². The second-order valence-electron chi connectivity index (χ2n) is 4.62. The third-order valence-electron chi connectivity index (χ3n) is 3.07. The largest absolute Gasteiger partial charge is 0.385 e. The Morgan fingerprint density at radius 3 is 2.48 bits per heavy atom. The second-order valence-corrected chi connectivity index (χ2v) is 7.46. The molecule has 1 heterocycles. The molecule has 0 amide bonds. The predicted molar refractivity (Wildman–Crippen MR) is 84.1 cm³/mol. The van der Waals surface area contributed by atoms with Crippen molar-refractivity contribution in [2.75, 3.05) is 40.5 Å². The molecule has 0 aliphatic carbocycles. The van der Waals surface area contributed by atoms with Gasteiger partial charge in [0.25, 0.3) is 0 Å². The normalized spacial score (nSPS) is 12.2. The zero-order valence-corrected chi connectivity index (χ0v) is 14.4. The lowest BCUT2D eigenvalue weighted by Gasteiger charge is -2.22. The molecule has 0 atom stereocenters. The van der Waals surface area contributed by atoms with Crippen LogP contribution >= 0.6 is 11.3 Å². The number of ether oxygens (including phenoxy) is 2. The van der Waals surface area contributed by atoms with Crippen molar-refractivity contribution in [3.63, 3.8) is 0 Å². The van der Waals surface area contributed by atoms with Crippen molar-refractivity contribution in [3.05, 3.63) is 15.8 Å². The fourth-order valence-electron chi connectivity index (χ4n) is 2.03. The molecule has 0 saturated heterocycles. The lowest BCUT2D eigenvalue weighted by Crippen LogP contribution is -2.36. The summed E-state index contributed by atoms with van der Waals surface area (Å²) in [5.41, 5.74) is 6.41. The molecule has 2 N–H and O–H groups in total. The first kappa shape index (κ1) is 18.5. The van der Waals surface area contributed by atoms with Gasteiger partial charge in [-0.2, -0.15) is 4.31 Å². The highest BCUT2D eigenvalue weighted by Gasteiger charge is 2.29. The number of thiophene rings is 1. The van der Waals surface area contributed by atoms with Crippen LogP contribution < -0.4 is 5.73 Å². The SMILES string of the molecule is COCCCN(CCOC)S(=O)(=O)c1c(C)csc1CN. The predicted octanol–water partition coefficient (Wildman–Crippen LogP) is 1.19. The molecule has 6 nitrogen and oxygen atoms in total. The Balaban J connectivity index is 3.04. The third-order valence-corrected chi connectivity index (χ3v) is 6.46. The summed E-state index contributed by atoms with van der Waals surface area (Å²) < 4.78 is 37.2. The number of hydrogen-bond donors (Lipinski definition) is 1. The third kappa shape index (κ3) is 4.73. The topological polar surface area (TPSA) is 81.9 Å². The van der Waals surface area contributed by atoms with Crippen LogP contribution in [-0.2, 0) is 26.0 Å². The molecular formula is C13H24N2O4S2. The summed E-state index contributed by atoms with van der Waals surface area (Å²) in [6.07, 6.45) is 0.639. The van der Waals surface area contributed by atoms with Crippen molar-refractivity contribution < 1.29 is 17.9 Å². The molecule has 1 aromatic rings. The molecule has 0 radical (unpaired) electrons. The molecule has 0 saturated carbocycles. The number of rotatable bonds is 10. The van der Waals surface area contributed by atoms with Crippen LogP contribution in [0.5, 0.6) is 0 Å². The Morgan fingerprint density at radius 1 is 1.24 bits per heavy atom. The molecule has 8 heteroatoms. The highest BCUT2D eigenvalue weighted by molar-refractivity contribution is 7.89. The first-order valence-corrected chi connectivity index (χ1v) is 9.06. The number of methoxy groups -OCH3 is 2. The average Bonchev–Trinajstić information content (AvgIpc) is 2.84. The van der Waals surface area contributed by atoms with Crippen molar-refractivity contribution in [2.24, 2.45) is 5.73 Å². The Hall–Kier alpha value is -0.510. The van der Waals surface area contributed by atoms with Gasteiger partial charge in [0.2, 0.25) is 10.0 Å². The molecule has 0 aliphatic heterocycles. The van der Waals surface area contributed by atoms with Gasteiger partial charge in [-0.15, -0.1) is 11.3 Å². The maximum absolute atomic E-state index is 12.9. The average molecular weight is 336 g/mol. The highest BCUT2D eigenvalue weighted by atomic mass is 32.2. The molecule has 0 bridgehead atoms. The van der Waals surface area contributed by atoms with Gasteiger partial charge in [-0.3, -0.25) is 0 Å². The summed E-state index contributed by atoms with van der Waals surface area (Å²) in [4.78, 5) is 1.05. The Labute approximate surface area is 130 Å². The molecule has 21 heavy (non-hydrogen) atoms. The van der Waals surface area contributed by atoms with E-state index in [0.29, 0.717) is 42.5 Å². The highest BCUT2D eigenvalue weighted by Crippen LogP contribution is 2.29. The smallest absolute Gasteiger partial charge is 0.244 e. The van der Waals surface area contributed by atoms with E-state index in [4.69, 9.17) is 15.2 Å². The molecule has 0 aromatic carbocycles. The first-order chi connectivity index (χ1) is 9.98. The lowest BCUT2D eigenvalue weighted by atomic mass is 10.3. The molecule has 0 fully saturated rings. The van der Waals surface area contributed by atoms with Gasteiger partial charge in [-0.05, 0) is 24.3 Å². The van der Waals surface area contributed by atoms with Crippen molar-refractivity contribution in [3.8, 4) is 0 Å². The maximum atomic E-state index is 12.9. The van der Waals surface area contributed by atoms with Gasteiger partial charge < -0.3 is 15.2 Å². The minimum absolute atomic E-state index is 0.225. The Kier molecular flexibility index (Phi) is 7.78. The minimum atomic E-state index is -3.56. The van der Waals surface area contributed by atoms with Crippen molar-refractivity contribution in [2.45, 2.75) is 24.8 Å². The van der Waals surface area contributed by atoms with E-state index in [1.165, 1.54) is 15.6 Å². The summed E-state index contributed by atoms with van der Waals surface area (Å²) in [6.45, 7) is 3.62. The zero-order valence-electron chi connectivity index (χ0n) is 12.8. The van der Waals surface area contributed by atoms with Gasteiger partial charge in [0.1, 0.15) is 4.90 Å². The molecule has 0 aliphatic rings. The van der Waals surface area contributed by atoms with Gasteiger partial charge in [-0.1, -0.05) is 0 Å². The van der Waals surface area contributed by atoms with Gasteiger partial charge in [0.05, 0.1) is 6.61 Å². The van der Waals surface area contributed by atoms with E-state index in [1.807, 2.05) is 5.38 Å². The standard InChI is InChI=1S/C13H24N2O4S2/c1-11-10-20-12(9-14)13(11)21(16,17)15(6-8-19-3)5-4-7-18-2/h10H,4-9,14H2,1-3H3. The quantitative estimate of drug-likeness (QED) is 0.649. The summed E-state index contributed by atoms with van der Waals surface area (Å²) in [7, 11) is -0.398. The van der Waals surface area contributed by atoms with E-state index in [1.54, 1.807) is 21.1 Å². The number of hydrogen-bond acceptors (Lipinski definition) is 6. The van der Waals surface area contributed by atoms with E-state index < -0.39 is 10.0 Å². The van der Waals surface area contributed by atoms with E-state index in [0.717, 1.165) is 5.56 Å². The molecule has 0 unspecified atom stereocenters. The molecule has 1 rings (SSSR count). The monoisotopic (exact) mass is 336 g/mol. The van der Waals surface area contributed by atoms with E-state index in [2.05, 4.69) is 0 Å². The van der Waals surface area contributed by atoms with Crippen LogP contribution in [0.25, 0.3) is 0 Å². The van der Waals surface area contributed by atoms with E-state index >= 15 is 0 Å². The number of aryl methyl sites for hydroxylation is 1. The number of nitrogens with two attached hydrogens (primary N) is 1.